The van der Waals surface area contributed by atoms with Gasteiger partial charge in [0.05, 0.1) is 0 Å². The first-order valence-electron chi connectivity index (χ1n) is 5.57. The number of ketones is 1. The second kappa shape index (κ2) is 5.85. The third-order valence-corrected chi connectivity index (χ3v) is 2.93. The van der Waals surface area contributed by atoms with Crippen molar-refractivity contribution >= 4 is 11.7 Å². The van der Waals surface area contributed by atoms with Crippen molar-refractivity contribution in [1.82, 2.24) is 10.2 Å². The molecule has 1 amide bonds. The molecule has 15 heavy (non-hydrogen) atoms. The fourth-order valence-electron chi connectivity index (χ4n) is 2.12. The zero-order chi connectivity index (χ0) is 11.3. The van der Waals surface area contributed by atoms with Gasteiger partial charge < -0.3 is 5.32 Å². The number of hydrogen-bond donors (Lipinski definition) is 1. The third-order valence-electron chi connectivity index (χ3n) is 2.93. The highest BCUT2D eigenvalue weighted by Crippen LogP contribution is 2.20. The number of Topliss-reactive ketones (excluding diaryl/α,β-unsaturated/α-hetero) is 1. The molecule has 1 atom stereocenters. The summed E-state index contributed by atoms with van der Waals surface area (Å²) in [5, 5.41) is 2.61. The van der Waals surface area contributed by atoms with Gasteiger partial charge in [0, 0.05) is 32.5 Å². The minimum absolute atomic E-state index is 0.0727. The number of carbonyl (C=O) groups is 2. The van der Waals surface area contributed by atoms with Crippen LogP contribution in [0.1, 0.15) is 32.6 Å². The first-order valence-corrected chi connectivity index (χ1v) is 5.57. The summed E-state index contributed by atoms with van der Waals surface area (Å²) in [5.41, 5.74) is 0. The van der Waals surface area contributed by atoms with Crippen molar-refractivity contribution in [3.63, 3.8) is 0 Å². The van der Waals surface area contributed by atoms with Gasteiger partial charge in [-0.15, -0.1) is 0 Å². The average Bonchev–Trinajstić information content (AvgIpc) is 2.61. The fraction of sp³-hybridized carbons (Fsp3) is 0.818. The lowest BCUT2D eigenvalue weighted by atomic mass is 10.1. The van der Waals surface area contributed by atoms with Crippen LogP contribution in [0.3, 0.4) is 0 Å². The predicted octanol–water partition coefficient (Wildman–Crippen LogP) is 0.566. The molecule has 0 radical (unpaired) electrons. The molecule has 0 aromatic heterocycles. The Morgan fingerprint density at radius 1 is 1.47 bits per heavy atom. The van der Waals surface area contributed by atoms with Crippen molar-refractivity contribution in [1.29, 1.82) is 0 Å². The second-order valence-electron chi connectivity index (χ2n) is 4.16. The van der Waals surface area contributed by atoms with Crippen LogP contribution >= 0.6 is 0 Å². The lowest BCUT2D eigenvalue weighted by molar-refractivity contribution is -0.120. The smallest absolute Gasteiger partial charge is 0.221 e. The topological polar surface area (TPSA) is 49.4 Å². The van der Waals surface area contributed by atoms with Crippen molar-refractivity contribution in [2.24, 2.45) is 0 Å². The molecule has 1 fully saturated rings. The number of carbonyl (C=O) groups excluding carboxylic acids is 2. The number of rotatable bonds is 5. The second-order valence-corrected chi connectivity index (χ2v) is 4.16. The Morgan fingerprint density at radius 3 is 2.80 bits per heavy atom. The molecule has 0 spiro atoms. The quantitative estimate of drug-likeness (QED) is 0.724. The van der Waals surface area contributed by atoms with Gasteiger partial charge in [-0.1, -0.05) is 0 Å². The summed E-state index contributed by atoms with van der Waals surface area (Å²) in [6, 6.07) is 0.368. The normalized spacial score (nSPS) is 21.6. The molecule has 1 unspecified atom stereocenters. The number of nitrogens with zero attached hydrogens (tertiary/aromatic N) is 1. The number of nitrogens with one attached hydrogen (secondary N) is 1. The SMILES string of the molecule is CNC(=O)CCN1CCCC1CC(C)=O. The van der Waals surface area contributed by atoms with Gasteiger partial charge in [0.2, 0.25) is 5.91 Å². The maximum atomic E-state index is 11.1. The van der Waals surface area contributed by atoms with Gasteiger partial charge in [0.25, 0.3) is 0 Å². The summed E-state index contributed by atoms with van der Waals surface area (Å²) in [6.07, 6.45) is 3.40. The van der Waals surface area contributed by atoms with Crippen molar-refractivity contribution < 1.29 is 9.59 Å². The van der Waals surface area contributed by atoms with Crippen LogP contribution < -0.4 is 5.32 Å². The Balaban J connectivity index is 2.33. The van der Waals surface area contributed by atoms with Gasteiger partial charge in [-0.3, -0.25) is 14.5 Å². The van der Waals surface area contributed by atoms with E-state index in [1.807, 2.05) is 0 Å². The van der Waals surface area contributed by atoms with Gasteiger partial charge in [0.15, 0.2) is 0 Å². The highest BCUT2D eigenvalue weighted by atomic mass is 16.1. The lowest BCUT2D eigenvalue weighted by Crippen LogP contribution is -2.34. The van der Waals surface area contributed by atoms with E-state index >= 15 is 0 Å². The summed E-state index contributed by atoms with van der Waals surface area (Å²) in [4.78, 5) is 24.4. The van der Waals surface area contributed by atoms with E-state index in [-0.39, 0.29) is 11.7 Å². The summed E-state index contributed by atoms with van der Waals surface area (Å²) in [7, 11) is 1.65. The maximum absolute atomic E-state index is 11.1. The Labute approximate surface area is 91.0 Å². The van der Waals surface area contributed by atoms with Crippen LogP contribution in [0.2, 0.25) is 0 Å². The molecule has 86 valence electrons. The molecular formula is C11H20N2O2. The molecule has 1 aliphatic rings. The number of likely N-dealkylation sites (tertiary alicyclic amines) is 1. The third kappa shape index (κ3) is 4.00. The largest absolute Gasteiger partial charge is 0.359 e. The molecule has 4 nitrogen and oxygen atoms in total. The van der Waals surface area contributed by atoms with E-state index in [0.29, 0.717) is 18.9 Å². The molecule has 1 aliphatic heterocycles. The molecule has 1 saturated heterocycles. The molecule has 0 bridgehead atoms. The Kier molecular flexibility index (Phi) is 4.75. The standard InChI is InChI=1S/C11H20N2O2/c1-9(14)8-10-4-3-6-13(10)7-5-11(15)12-2/h10H,3-8H2,1-2H3,(H,12,15). The lowest BCUT2D eigenvalue weighted by Gasteiger charge is -2.22. The maximum Gasteiger partial charge on any atom is 0.221 e. The van der Waals surface area contributed by atoms with E-state index in [4.69, 9.17) is 0 Å². The highest BCUT2D eigenvalue weighted by Gasteiger charge is 2.25. The Bertz CT molecular complexity index is 241. The first-order chi connectivity index (χ1) is 7.13. The molecule has 0 aromatic rings. The van der Waals surface area contributed by atoms with Gasteiger partial charge >= 0.3 is 0 Å². The van der Waals surface area contributed by atoms with Crippen LogP contribution in [-0.4, -0.2) is 42.8 Å². The molecule has 0 aliphatic carbocycles. The van der Waals surface area contributed by atoms with Crippen LogP contribution in [0.25, 0.3) is 0 Å². The van der Waals surface area contributed by atoms with Gasteiger partial charge in [-0.2, -0.15) is 0 Å². The minimum Gasteiger partial charge on any atom is -0.359 e. The monoisotopic (exact) mass is 212 g/mol. The van der Waals surface area contributed by atoms with Gasteiger partial charge in [0.1, 0.15) is 5.78 Å². The van der Waals surface area contributed by atoms with Gasteiger partial charge in [-0.05, 0) is 26.3 Å². The van der Waals surface area contributed by atoms with Crippen molar-refractivity contribution in [3.8, 4) is 0 Å². The van der Waals surface area contributed by atoms with Gasteiger partial charge in [-0.25, -0.2) is 0 Å². The van der Waals surface area contributed by atoms with Crippen molar-refractivity contribution in [3.05, 3.63) is 0 Å². The summed E-state index contributed by atoms with van der Waals surface area (Å²) in [6.45, 7) is 3.43. The predicted molar refractivity (Wildman–Crippen MR) is 58.6 cm³/mol. The van der Waals surface area contributed by atoms with E-state index in [9.17, 15) is 9.59 Å². The van der Waals surface area contributed by atoms with E-state index < -0.39 is 0 Å². The summed E-state index contributed by atoms with van der Waals surface area (Å²) in [5.74, 6) is 0.315. The molecule has 0 aromatic carbocycles. The Hall–Kier alpha value is -0.900. The number of amides is 1. The molecule has 0 saturated carbocycles. The Morgan fingerprint density at radius 2 is 2.20 bits per heavy atom. The molecule has 1 rings (SSSR count). The number of hydrogen-bond acceptors (Lipinski definition) is 3. The molecule has 1 N–H and O–H groups in total. The van der Waals surface area contributed by atoms with Crippen LogP contribution in [-0.2, 0) is 9.59 Å². The van der Waals surface area contributed by atoms with Crippen LogP contribution in [0.15, 0.2) is 0 Å². The first kappa shape index (κ1) is 12.2. The minimum atomic E-state index is 0.0727. The van der Waals surface area contributed by atoms with Crippen molar-refractivity contribution in [2.75, 3.05) is 20.1 Å². The van der Waals surface area contributed by atoms with E-state index in [2.05, 4.69) is 10.2 Å². The molecular weight excluding hydrogens is 192 g/mol. The van der Waals surface area contributed by atoms with E-state index in [1.165, 1.54) is 0 Å². The average molecular weight is 212 g/mol. The zero-order valence-corrected chi connectivity index (χ0v) is 9.58. The van der Waals surface area contributed by atoms with E-state index in [0.717, 1.165) is 25.9 Å². The highest BCUT2D eigenvalue weighted by molar-refractivity contribution is 5.76. The molecule has 4 heteroatoms. The van der Waals surface area contributed by atoms with Crippen molar-refractivity contribution in [2.45, 2.75) is 38.6 Å². The fourth-order valence-corrected chi connectivity index (χ4v) is 2.12. The van der Waals surface area contributed by atoms with Crippen LogP contribution in [0, 0.1) is 0 Å². The molecule has 1 heterocycles. The zero-order valence-electron chi connectivity index (χ0n) is 9.58. The summed E-state index contributed by atoms with van der Waals surface area (Å²) < 4.78 is 0. The summed E-state index contributed by atoms with van der Waals surface area (Å²) >= 11 is 0. The van der Waals surface area contributed by atoms with E-state index in [1.54, 1.807) is 14.0 Å². The van der Waals surface area contributed by atoms with Crippen LogP contribution in [0.5, 0.6) is 0 Å². The van der Waals surface area contributed by atoms with Crippen LogP contribution in [0.4, 0.5) is 0 Å².